The van der Waals surface area contributed by atoms with E-state index in [0.29, 0.717) is 51.4 Å². The molecule has 410 valence electrons. The van der Waals surface area contributed by atoms with Gasteiger partial charge in [-0.3, -0.25) is 48.4 Å². The normalized spacial score (nSPS) is 21.2. The van der Waals surface area contributed by atoms with E-state index in [4.69, 9.17) is 34.4 Å². The maximum absolute atomic E-state index is 14.6. The van der Waals surface area contributed by atoms with Gasteiger partial charge in [0.05, 0.1) is 18.2 Å². The van der Waals surface area contributed by atoms with Crippen LogP contribution >= 0.6 is 0 Å². The Balaban J connectivity index is 1.21. The van der Waals surface area contributed by atoms with E-state index in [-0.39, 0.29) is 102 Å². The number of carbonyl (C=O) groups excluding carboxylic acids is 7. The molecule has 2 aliphatic carbocycles. The fourth-order valence-electron chi connectivity index (χ4n) is 10.8. The Labute approximate surface area is 432 Å². The minimum absolute atomic E-state index is 0.00147. The predicted octanol–water partition coefficient (Wildman–Crippen LogP) is -1.34. The van der Waals surface area contributed by atoms with Crippen LogP contribution in [-0.4, -0.2) is 159 Å². The second kappa shape index (κ2) is 28.3. The van der Waals surface area contributed by atoms with Crippen molar-refractivity contribution in [2.75, 3.05) is 32.8 Å². The van der Waals surface area contributed by atoms with E-state index >= 15 is 0 Å². The average Bonchev–Trinajstić information content (AvgIpc) is 3.63. The summed E-state index contributed by atoms with van der Waals surface area (Å²) in [5.74, 6) is -5.35. The molecule has 0 unspecified atom stereocenters. The fourth-order valence-corrected chi connectivity index (χ4v) is 10.8. The Morgan fingerprint density at radius 3 is 2.07 bits per heavy atom. The molecule has 2 heterocycles. The summed E-state index contributed by atoms with van der Waals surface area (Å²) in [6, 6.07) is 1.54. The fraction of sp³-hybridized carbons (Fsp3) is 0.680. The number of carboxylic acid groups (broad SMARTS) is 1. The van der Waals surface area contributed by atoms with E-state index < -0.39 is 89.7 Å². The van der Waals surface area contributed by atoms with Crippen LogP contribution in [0.4, 0.5) is 0 Å². The van der Waals surface area contributed by atoms with Crippen molar-refractivity contribution in [3.63, 3.8) is 0 Å². The van der Waals surface area contributed by atoms with E-state index in [1.54, 1.807) is 0 Å². The Hall–Kier alpha value is -6.40. The van der Waals surface area contributed by atoms with Crippen molar-refractivity contribution in [1.29, 1.82) is 0 Å². The molecule has 1 aromatic carbocycles. The van der Waals surface area contributed by atoms with Crippen LogP contribution in [0.3, 0.4) is 0 Å². The van der Waals surface area contributed by atoms with Crippen molar-refractivity contribution in [2.45, 2.75) is 177 Å². The zero-order valence-electron chi connectivity index (χ0n) is 42.6. The molecular formula is C50H80N14O10. The van der Waals surface area contributed by atoms with Gasteiger partial charge in [0.2, 0.25) is 41.4 Å². The molecule has 17 N–H and O–H groups in total. The number of aliphatic hydroxyl groups excluding tert-OH is 1. The topological polar surface area (TPSA) is 404 Å². The molecule has 2 saturated carbocycles. The smallest absolute Gasteiger partial charge is 0.326 e. The Morgan fingerprint density at radius 2 is 1.42 bits per heavy atom. The summed E-state index contributed by atoms with van der Waals surface area (Å²) in [4.78, 5) is 121. The average molecular weight is 1040 g/mol. The zero-order valence-corrected chi connectivity index (χ0v) is 42.6. The lowest BCUT2D eigenvalue weighted by Gasteiger charge is -2.42. The minimum Gasteiger partial charge on any atom is -0.480 e. The highest BCUT2D eigenvalue weighted by molar-refractivity contribution is 6.00. The second-order valence-corrected chi connectivity index (χ2v) is 20.2. The number of fused-ring (bicyclic) bond motifs is 2. The number of carbonyl (C=O) groups is 8. The van der Waals surface area contributed by atoms with Crippen LogP contribution in [-0.2, 0) is 51.3 Å². The number of aliphatic carboxylic acids is 1. The van der Waals surface area contributed by atoms with Gasteiger partial charge in [0, 0.05) is 58.0 Å². The highest BCUT2D eigenvalue weighted by atomic mass is 16.4. The highest BCUT2D eigenvalue weighted by Gasteiger charge is 2.51. The van der Waals surface area contributed by atoms with Gasteiger partial charge in [0.25, 0.3) is 0 Å². The van der Waals surface area contributed by atoms with Crippen molar-refractivity contribution in [3.05, 3.63) is 35.4 Å². The third-order valence-corrected chi connectivity index (χ3v) is 14.8. The van der Waals surface area contributed by atoms with E-state index in [2.05, 4.69) is 25.9 Å². The first-order valence-corrected chi connectivity index (χ1v) is 26.3. The van der Waals surface area contributed by atoms with Crippen molar-refractivity contribution in [2.24, 2.45) is 50.3 Å². The van der Waals surface area contributed by atoms with Gasteiger partial charge in [0.15, 0.2) is 11.9 Å². The van der Waals surface area contributed by atoms with E-state index in [9.17, 15) is 48.6 Å². The van der Waals surface area contributed by atoms with Gasteiger partial charge in [-0.1, -0.05) is 62.8 Å². The number of aliphatic hydroxyl groups is 1. The number of nitrogens with two attached hydrogens (primary N) is 6. The summed E-state index contributed by atoms with van der Waals surface area (Å²) in [7, 11) is 0. The van der Waals surface area contributed by atoms with Crippen LogP contribution in [0.1, 0.15) is 133 Å². The molecule has 3 fully saturated rings. The predicted molar refractivity (Wildman–Crippen MR) is 275 cm³/mol. The summed E-state index contributed by atoms with van der Waals surface area (Å²) < 4.78 is 0. The number of imide groups is 1. The highest BCUT2D eigenvalue weighted by Crippen LogP contribution is 2.41. The number of rotatable bonds is 25. The summed E-state index contributed by atoms with van der Waals surface area (Å²) in [6.45, 7) is -0.527. The van der Waals surface area contributed by atoms with Crippen LogP contribution in [0.15, 0.2) is 34.3 Å². The van der Waals surface area contributed by atoms with Crippen LogP contribution < -0.4 is 50.4 Å². The Morgan fingerprint density at radius 1 is 0.770 bits per heavy atom. The van der Waals surface area contributed by atoms with Gasteiger partial charge in [0.1, 0.15) is 24.2 Å². The number of hydrogen-bond acceptors (Lipinski definition) is 13. The molecule has 1 aromatic rings. The number of amides is 7. The molecular weight excluding hydrogens is 957 g/mol. The third-order valence-electron chi connectivity index (χ3n) is 14.8. The lowest BCUT2D eigenvalue weighted by atomic mass is 9.84. The standard InChI is InChI=1S/C50H80N14O10/c51-34(16-9-24-58-48(52)53)42(68)61-35(17-10-25-59-49(54)55)43(69)57-23-11-20-41(67)62(47(74)50(56)21-7-1-2-8-22-50)26-12-19-40(66)60-36(30-65)44(70)63-29-33-15-4-3-13-31(33)27-38(63)45(71)64-37-18-6-5-14-32(37)28-39(64)46(72)73/h3-4,13,15,32,34-39,65H,1-2,5-12,14,16-30,51,56H2,(H,57,69)(H,60,66)(H,61,68)(H,72,73)(H4,52,53,58)(H4,54,55,59)/t32-,34+,35-,36-,37-,38+,39-/m0/s1. The number of carboxylic acids is 1. The zero-order chi connectivity index (χ0) is 54.0. The second-order valence-electron chi connectivity index (χ2n) is 20.2. The molecule has 2 aliphatic heterocycles. The number of hydrogen-bond donors (Lipinski definition) is 11. The quantitative estimate of drug-likeness (QED) is 0.0234. The molecule has 74 heavy (non-hydrogen) atoms. The number of nitrogens with one attached hydrogen (secondary N) is 3. The lowest BCUT2D eigenvalue weighted by molar-refractivity contribution is -0.156. The molecule has 5 rings (SSSR count). The molecule has 7 atom stereocenters. The monoisotopic (exact) mass is 1040 g/mol. The van der Waals surface area contributed by atoms with Crippen LogP contribution in [0, 0.1) is 5.92 Å². The minimum atomic E-state index is -1.46. The summed E-state index contributed by atoms with van der Waals surface area (Å²) in [5, 5.41) is 28.8. The molecule has 7 amide bonds. The number of aliphatic imine (C=N–C) groups is 2. The van der Waals surface area contributed by atoms with E-state index in [0.717, 1.165) is 48.1 Å². The molecule has 24 nitrogen and oxygen atoms in total. The number of benzene rings is 1. The third kappa shape index (κ3) is 16.3. The van der Waals surface area contributed by atoms with Crippen molar-refractivity contribution < 1.29 is 48.6 Å². The summed E-state index contributed by atoms with van der Waals surface area (Å²) >= 11 is 0. The molecule has 0 bridgehead atoms. The molecule has 0 radical (unpaired) electrons. The summed E-state index contributed by atoms with van der Waals surface area (Å²) in [6.07, 6.45) is 8.45. The maximum Gasteiger partial charge on any atom is 0.326 e. The van der Waals surface area contributed by atoms with Crippen molar-refractivity contribution in [1.82, 2.24) is 30.7 Å². The van der Waals surface area contributed by atoms with Crippen LogP contribution in [0.5, 0.6) is 0 Å². The van der Waals surface area contributed by atoms with Gasteiger partial charge in [-0.25, -0.2) is 4.79 Å². The first kappa shape index (κ1) is 58.5. The first-order chi connectivity index (χ1) is 35.3. The van der Waals surface area contributed by atoms with Gasteiger partial charge in [-0.2, -0.15) is 0 Å². The molecule has 0 spiro atoms. The first-order valence-electron chi connectivity index (χ1n) is 26.3. The van der Waals surface area contributed by atoms with Gasteiger partial charge in [-0.15, -0.1) is 0 Å². The SMILES string of the molecule is NC(N)=NCCC[C@@H](N)C(=O)N[C@@H](CCCN=C(N)N)C(=O)NCCCC(=O)N(CCCC(=O)N[C@@H](CO)C(=O)N1Cc2ccccc2C[C@@H]1C(=O)N1[C@H](C(=O)O)C[C@@H]2CCCC[C@@H]21)C(=O)C1(N)CCCCCC1. The molecule has 24 heteroatoms. The number of nitrogens with zero attached hydrogens (tertiary/aromatic N) is 5. The Kier molecular flexibility index (Phi) is 22.4. The lowest BCUT2D eigenvalue weighted by Crippen LogP contribution is -2.61. The van der Waals surface area contributed by atoms with Crippen LogP contribution in [0.2, 0.25) is 0 Å². The number of likely N-dealkylation sites (tertiary alicyclic amines) is 1. The van der Waals surface area contributed by atoms with E-state index in [1.165, 1.54) is 9.80 Å². The molecule has 0 aromatic heterocycles. The van der Waals surface area contributed by atoms with Crippen molar-refractivity contribution >= 4 is 59.2 Å². The van der Waals surface area contributed by atoms with Gasteiger partial charge in [-0.05, 0) is 87.7 Å². The summed E-state index contributed by atoms with van der Waals surface area (Å²) in [5.41, 5.74) is 34.7. The Bertz CT molecular complexity index is 2190. The molecule has 1 saturated heterocycles. The van der Waals surface area contributed by atoms with Gasteiger partial charge >= 0.3 is 5.97 Å². The maximum atomic E-state index is 14.6. The number of guanidine groups is 2. The van der Waals surface area contributed by atoms with Gasteiger partial charge < -0.3 is 70.4 Å². The van der Waals surface area contributed by atoms with Crippen molar-refractivity contribution in [3.8, 4) is 0 Å². The van der Waals surface area contributed by atoms with E-state index in [1.807, 2.05) is 24.3 Å². The largest absolute Gasteiger partial charge is 0.480 e. The van der Waals surface area contributed by atoms with Crippen LogP contribution in [0.25, 0.3) is 0 Å². The molecule has 4 aliphatic rings.